The summed E-state index contributed by atoms with van der Waals surface area (Å²) in [6.45, 7) is 3.72. The first kappa shape index (κ1) is 19.2. The number of amides is 2. The van der Waals surface area contributed by atoms with Crippen LogP contribution in [0.3, 0.4) is 0 Å². The summed E-state index contributed by atoms with van der Waals surface area (Å²) in [4.78, 5) is 28.7. The molecule has 27 heavy (non-hydrogen) atoms. The van der Waals surface area contributed by atoms with Crippen molar-refractivity contribution in [1.29, 1.82) is 0 Å². The van der Waals surface area contributed by atoms with Crippen molar-refractivity contribution < 1.29 is 14.0 Å². The molecule has 2 saturated heterocycles. The molecule has 3 rings (SSSR count). The van der Waals surface area contributed by atoms with Gasteiger partial charge in [0, 0.05) is 63.3 Å². The van der Waals surface area contributed by atoms with Crippen LogP contribution in [0, 0.1) is 0 Å². The fraction of sp³-hybridized carbons (Fsp3) is 0.556. The molecular weight excluding hydrogens is 348 g/mol. The molecule has 2 N–H and O–H groups in total. The number of likely N-dealkylation sites (tertiary alicyclic amines) is 2. The van der Waals surface area contributed by atoms with Gasteiger partial charge in [-0.3, -0.25) is 9.59 Å². The van der Waals surface area contributed by atoms with Crippen molar-refractivity contribution in [2.75, 3.05) is 40.3 Å². The molecule has 0 radical (unpaired) electrons. The molecule has 0 spiro atoms. The average Bonchev–Trinajstić information content (AvgIpc) is 3.17. The number of hydrogen-bond acceptors (Lipinski definition) is 7. The summed E-state index contributed by atoms with van der Waals surface area (Å²) in [5.74, 6) is -0.849. The highest BCUT2D eigenvalue weighted by molar-refractivity contribution is 5.97. The minimum Gasteiger partial charge on any atom is -0.446 e. The summed E-state index contributed by atoms with van der Waals surface area (Å²) in [5, 5.41) is 8.31. The molecule has 2 aliphatic heterocycles. The van der Waals surface area contributed by atoms with Crippen molar-refractivity contribution in [2.45, 2.75) is 25.7 Å². The SMILES string of the molecule is CN1CCC(=NNC(=O)c2ccc(C(=O)NN=C3CCN(C)CC3)o2)CC1. The first-order chi connectivity index (χ1) is 13.0. The van der Waals surface area contributed by atoms with E-state index in [1.54, 1.807) is 0 Å². The van der Waals surface area contributed by atoms with E-state index < -0.39 is 11.8 Å². The van der Waals surface area contributed by atoms with Crippen LogP contribution in [-0.2, 0) is 0 Å². The van der Waals surface area contributed by atoms with Gasteiger partial charge in [-0.2, -0.15) is 10.2 Å². The van der Waals surface area contributed by atoms with Gasteiger partial charge in [-0.05, 0) is 26.2 Å². The third-order valence-electron chi connectivity index (χ3n) is 4.81. The number of nitrogens with zero attached hydrogens (tertiary/aromatic N) is 4. The average molecular weight is 374 g/mol. The van der Waals surface area contributed by atoms with E-state index in [9.17, 15) is 9.59 Å². The van der Waals surface area contributed by atoms with Crippen molar-refractivity contribution in [1.82, 2.24) is 20.7 Å². The van der Waals surface area contributed by atoms with E-state index in [1.807, 2.05) is 0 Å². The molecule has 3 heterocycles. The normalized spacial score (nSPS) is 18.9. The number of piperidine rings is 2. The van der Waals surface area contributed by atoms with E-state index in [-0.39, 0.29) is 11.5 Å². The van der Waals surface area contributed by atoms with E-state index in [4.69, 9.17) is 4.42 Å². The maximum atomic E-state index is 12.1. The minimum atomic E-state index is -0.470. The fourth-order valence-corrected chi connectivity index (χ4v) is 2.93. The Kier molecular flexibility index (Phi) is 6.36. The lowest BCUT2D eigenvalue weighted by molar-refractivity contribution is 0.0901. The molecule has 0 aromatic carbocycles. The number of hydrazone groups is 2. The highest BCUT2D eigenvalue weighted by Gasteiger charge is 2.17. The van der Waals surface area contributed by atoms with Gasteiger partial charge in [-0.25, -0.2) is 10.9 Å². The van der Waals surface area contributed by atoms with Gasteiger partial charge in [0.1, 0.15) is 0 Å². The van der Waals surface area contributed by atoms with E-state index in [0.717, 1.165) is 63.3 Å². The fourth-order valence-electron chi connectivity index (χ4n) is 2.93. The van der Waals surface area contributed by atoms with Gasteiger partial charge in [0.15, 0.2) is 11.5 Å². The maximum absolute atomic E-state index is 12.1. The zero-order valence-corrected chi connectivity index (χ0v) is 15.8. The Labute approximate surface area is 158 Å². The maximum Gasteiger partial charge on any atom is 0.307 e. The molecule has 1 aromatic heterocycles. The first-order valence-electron chi connectivity index (χ1n) is 9.20. The Morgan fingerprint density at radius 1 is 0.815 bits per heavy atom. The summed E-state index contributed by atoms with van der Waals surface area (Å²) in [7, 11) is 4.12. The molecule has 146 valence electrons. The quantitative estimate of drug-likeness (QED) is 0.763. The van der Waals surface area contributed by atoms with Gasteiger partial charge in [-0.15, -0.1) is 0 Å². The van der Waals surface area contributed by atoms with Gasteiger partial charge < -0.3 is 14.2 Å². The highest BCUT2D eigenvalue weighted by atomic mass is 16.4. The molecule has 2 aliphatic rings. The Balaban J connectivity index is 1.51. The topological polar surface area (TPSA) is 103 Å². The third kappa shape index (κ3) is 5.48. The van der Waals surface area contributed by atoms with Crippen LogP contribution in [0.25, 0.3) is 0 Å². The molecule has 1 aromatic rings. The molecule has 9 nitrogen and oxygen atoms in total. The second kappa shape index (κ2) is 8.92. The summed E-state index contributed by atoms with van der Waals surface area (Å²) < 4.78 is 5.34. The van der Waals surface area contributed by atoms with Gasteiger partial charge in [0.2, 0.25) is 0 Å². The van der Waals surface area contributed by atoms with E-state index in [1.165, 1.54) is 12.1 Å². The second-order valence-electron chi connectivity index (χ2n) is 7.01. The summed E-state index contributed by atoms with van der Waals surface area (Å²) in [6.07, 6.45) is 3.33. The molecule has 2 amide bonds. The van der Waals surface area contributed by atoms with Crippen LogP contribution < -0.4 is 10.9 Å². The number of furan rings is 1. The Morgan fingerprint density at radius 3 is 1.56 bits per heavy atom. The molecule has 9 heteroatoms. The zero-order valence-electron chi connectivity index (χ0n) is 15.8. The van der Waals surface area contributed by atoms with Crippen molar-refractivity contribution in [3.63, 3.8) is 0 Å². The van der Waals surface area contributed by atoms with E-state index in [2.05, 4.69) is 44.9 Å². The van der Waals surface area contributed by atoms with E-state index in [0.29, 0.717) is 0 Å². The number of rotatable bonds is 4. The van der Waals surface area contributed by atoms with Crippen molar-refractivity contribution in [3.8, 4) is 0 Å². The van der Waals surface area contributed by atoms with Crippen molar-refractivity contribution in [2.24, 2.45) is 10.2 Å². The first-order valence-corrected chi connectivity index (χ1v) is 9.20. The number of hydrogen-bond donors (Lipinski definition) is 2. The largest absolute Gasteiger partial charge is 0.446 e. The molecule has 2 fully saturated rings. The van der Waals surface area contributed by atoms with Crippen molar-refractivity contribution in [3.05, 3.63) is 23.7 Å². The molecular formula is C18H26N6O3. The van der Waals surface area contributed by atoms with Crippen LogP contribution >= 0.6 is 0 Å². The smallest absolute Gasteiger partial charge is 0.307 e. The third-order valence-corrected chi connectivity index (χ3v) is 4.81. The zero-order chi connectivity index (χ0) is 19.2. The van der Waals surface area contributed by atoms with Crippen LogP contribution in [0.1, 0.15) is 46.8 Å². The van der Waals surface area contributed by atoms with Gasteiger partial charge in [0.25, 0.3) is 0 Å². The Morgan fingerprint density at radius 2 is 1.19 bits per heavy atom. The van der Waals surface area contributed by atoms with Gasteiger partial charge >= 0.3 is 11.8 Å². The number of nitrogens with one attached hydrogen (secondary N) is 2. The van der Waals surface area contributed by atoms with Crippen molar-refractivity contribution >= 4 is 23.2 Å². The van der Waals surface area contributed by atoms with Gasteiger partial charge in [-0.1, -0.05) is 0 Å². The minimum absolute atomic E-state index is 0.0457. The monoisotopic (exact) mass is 374 g/mol. The lowest BCUT2D eigenvalue weighted by Crippen LogP contribution is -2.32. The lowest BCUT2D eigenvalue weighted by atomic mass is 10.1. The standard InChI is InChI=1S/C18H26N6O3/c1-23-9-5-13(6-10-23)19-21-17(25)15-3-4-16(27-15)18(26)22-20-14-7-11-24(2)12-8-14/h3-4H,5-12H2,1-2H3,(H,21,25)(H,22,26). The van der Waals surface area contributed by atoms with Crippen LogP contribution in [0.5, 0.6) is 0 Å². The molecule has 0 aliphatic carbocycles. The van der Waals surface area contributed by atoms with Gasteiger partial charge in [0.05, 0.1) is 0 Å². The molecule has 0 bridgehead atoms. The Bertz CT molecular complexity index is 674. The lowest BCUT2D eigenvalue weighted by Gasteiger charge is -2.22. The molecule has 0 atom stereocenters. The summed E-state index contributed by atoms with van der Waals surface area (Å²) >= 11 is 0. The van der Waals surface area contributed by atoms with Crippen LogP contribution in [0.15, 0.2) is 26.8 Å². The highest BCUT2D eigenvalue weighted by Crippen LogP contribution is 2.09. The predicted molar refractivity (Wildman–Crippen MR) is 102 cm³/mol. The van der Waals surface area contributed by atoms with Crippen LogP contribution in [0.4, 0.5) is 0 Å². The second-order valence-corrected chi connectivity index (χ2v) is 7.01. The summed E-state index contributed by atoms with van der Waals surface area (Å²) in [5.41, 5.74) is 6.91. The van der Waals surface area contributed by atoms with E-state index >= 15 is 0 Å². The number of carbonyl (C=O) groups excluding carboxylic acids is 2. The number of carbonyl (C=O) groups is 2. The predicted octanol–water partition coefficient (Wildman–Crippen LogP) is 0.902. The molecule has 0 saturated carbocycles. The van der Waals surface area contributed by atoms with Crippen LogP contribution in [0.2, 0.25) is 0 Å². The van der Waals surface area contributed by atoms with Crippen LogP contribution in [-0.4, -0.2) is 73.3 Å². The molecule has 0 unspecified atom stereocenters. The summed E-state index contributed by atoms with van der Waals surface area (Å²) in [6, 6.07) is 2.92. The Hall–Kier alpha value is -2.52.